The van der Waals surface area contributed by atoms with Gasteiger partial charge in [0.2, 0.25) is 5.91 Å². The summed E-state index contributed by atoms with van der Waals surface area (Å²) < 4.78 is 2.22. The Morgan fingerprint density at radius 1 is 1.36 bits per heavy atom. The van der Waals surface area contributed by atoms with Gasteiger partial charge in [0.05, 0.1) is 17.1 Å². The van der Waals surface area contributed by atoms with Crippen molar-refractivity contribution in [2.45, 2.75) is 39.3 Å². The monoisotopic (exact) mass is 317 g/mol. The van der Waals surface area contributed by atoms with Gasteiger partial charge in [-0.2, -0.15) is 11.8 Å². The lowest BCUT2D eigenvalue weighted by atomic mass is 10.1. The summed E-state index contributed by atoms with van der Waals surface area (Å²) in [6.45, 7) is 6.32. The van der Waals surface area contributed by atoms with Crippen LogP contribution in [0.2, 0.25) is 0 Å². The van der Waals surface area contributed by atoms with Crippen LogP contribution in [0.25, 0.3) is 11.0 Å². The van der Waals surface area contributed by atoms with Gasteiger partial charge in [-0.3, -0.25) is 4.79 Å². The van der Waals surface area contributed by atoms with Crippen molar-refractivity contribution in [1.29, 1.82) is 0 Å². The normalized spacial score (nSPS) is 16.7. The Kier molecular flexibility index (Phi) is 4.43. The van der Waals surface area contributed by atoms with E-state index in [0.717, 1.165) is 28.4 Å². The van der Waals surface area contributed by atoms with E-state index in [0.29, 0.717) is 18.4 Å². The van der Waals surface area contributed by atoms with E-state index in [1.165, 1.54) is 0 Å². The molecule has 0 bridgehead atoms. The highest BCUT2D eigenvalue weighted by molar-refractivity contribution is 8.00. The fourth-order valence-corrected chi connectivity index (χ4v) is 3.75. The second-order valence-corrected chi connectivity index (χ2v) is 7.39. The van der Waals surface area contributed by atoms with Crippen molar-refractivity contribution in [2.24, 2.45) is 5.92 Å². The molecule has 1 aliphatic rings. The van der Waals surface area contributed by atoms with Gasteiger partial charge in [-0.1, -0.05) is 12.1 Å². The molecule has 5 heteroatoms. The maximum atomic E-state index is 12.2. The van der Waals surface area contributed by atoms with Gasteiger partial charge in [0.25, 0.3) is 0 Å². The Labute approximate surface area is 135 Å². The lowest BCUT2D eigenvalue weighted by molar-refractivity contribution is -0.122. The van der Waals surface area contributed by atoms with Crippen LogP contribution in [0.3, 0.4) is 0 Å². The first-order valence-corrected chi connectivity index (χ1v) is 9.05. The highest BCUT2D eigenvalue weighted by Gasteiger charge is 2.24. The zero-order valence-corrected chi connectivity index (χ0v) is 14.2. The van der Waals surface area contributed by atoms with Crippen molar-refractivity contribution in [3.63, 3.8) is 0 Å². The molecule has 3 rings (SSSR count). The largest absolute Gasteiger partial charge is 0.346 e. The Bertz CT molecular complexity index is 676. The van der Waals surface area contributed by atoms with E-state index in [9.17, 15) is 4.79 Å². The average Bonchev–Trinajstić information content (AvgIpc) is 2.82. The van der Waals surface area contributed by atoms with Crippen LogP contribution < -0.4 is 5.32 Å². The van der Waals surface area contributed by atoms with E-state index >= 15 is 0 Å². The number of hydrogen-bond donors (Lipinski definition) is 1. The van der Waals surface area contributed by atoms with E-state index < -0.39 is 0 Å². The Morgan fingerprint density at radius 3 is 2.73 bits per heavy atom. The number of rotatable bonds is 5. The number of amides is 1. The third-order valence-electron chi connectivity index (χ3n) is 4.09. The van der Waals surface area contributed by atoms with Crippen LogP contribution >= 0.6 is 11.8 Å². The standard InChI is InChI=1S/C17H23N3OS/c1-11(2)20-15-7-5-4-6-14(15)19-17(20)12(3)18-16(21)8-13-9-22-10-13/h4-7,11-13H,8-10H2,1-3H3,(H,18,21)/t12-/m0/s1. The SMILES string of the molecule is CC(C)n1c([C@H](C)NC(=O)CC2CSC2)nc2ccccc21. The maximum absolute atomic E-state index is 12.2. The number of para-hydroxylation sites is 2. The number of nitrogens with one attached hydrogen (secondary N) is 1. The van der Waals surface area contributed by atoms with Crippen LogP contribution in [-0.2, 0) is 4.79 Å². The molecule has 0 unspecified atom stereocenters. The number of nitrogens with zero attached hydrogens (tertiary/aromatic N) is 2. The summed E-state index contributed by atoms with van der Waals surface area (Å²) in [5.74, 6) is 3.87. The van der Waals surface area contributed by atoms with Crippen molar-refractivity contribution >= 4 is 28.7 Å². The summed E-state index contributed by atoms with van der Waals surface area (Å²) in [5.41, 5.74) is 2.12. The first kappa shape index (κ1) is 15.4. The first-order valence-electron chi connectivity index (χ1n) is 7.90. The van der Waals surface area contributed by atoms with Gasteiger partial charge in [-0.05, 0) is 50.3 Å². The summed E-state index contributed by atoms with van der Waals surface area (Å²) >= 11 is 1.92. The molecule has 0 spiro atoms. The molecule has 1 N–H and O–H groups in total. The van der Waals surface area contributed by atoms with E-state index in [4.69, 9.17) is 4.98 Å². The van der Waals surface area contributed by atoms with Gasteiger partial charge in [-0.15, -0.1) is 0 Å². The molecular formula is C17H23N3OS. The summed E-state index contributed by atoms with van der Waals surface area (Å²) in [6.07, 6.45) is 0.638. The Morgan fingerprint density at radius 2 is 2.09 bits per heavy atom. The Balaban J connectivity index is 1.81. The molecule has 0 aliphatic carbocycles. The predicted octanol–water partition coefficient (Wildman–Crippen LogP) is 3.55. The quantitative estimate of drug-likeness (QED) is 0.917. The summed E-state index contributed by atoms with van der Waals surface area (Å²) in [4.78, 5) is 16.9. The number of fused-ring (bicyclic) bond motifs is 1. The molecule has 4 nitrogen and oxygen atoms in total. The highest BCUT2D eigenvalue weighted by atomic mass is 32.2. The van der Waals surface area contributed by atoms with E-state index in [-0.39, 0.29) is 11.9 Å². The lowest BCUT2D eigenvalue weighted by Crippen LogP contribution is -2.33. The van der Waals surface area contributed by atoms with Crippen molar-refractivity contribution in [3.8, 4) is 0 Å². The van der Waals surface area contributed by atoms with Gasteiger partial charge in [0.1, 0.15) is 5.82 Å². The molecule has 1 aromatic carbocycles. The number of benzene rings is 1. The van der Waals surface area contributed by atoms with E-state index in [1.54, 1.807) is 0 Å². The number of carbonyl (C=O) groups is 1. The average molecular weight is 317 g/mol. The van der Waals surface area contributed by atoms with Gasteiger partial charge in [-0.25, -0.2) is 4.98 Å². The first-order chi connectivity index (χ1) is 10.6. The van der Waals surface area contributed by atoms with Crippen LogP contribution in [0.15, 0.2) is 24.3 Å². The predicted molar refractivity (Wildman–Crippen MR) is 92.1 cm³/mol. The Hall–Kier alpha value is -1.49. The molecule has 22 heavy (non-hydrogen) atoms. The zero-order valence-electron chi connectivity index (χ0n) is 13.4. The minimum Gasteiger partial charge on any atom is -0.346 e. The van der Waals surface area contributed by atoms with Crippen molar-refractivity contribution < 1.29 is 4.79 Å². The van der Waals surface area contributed by atoms with Crippen molar-refractivity contribution in [1.82, 2.24) is 14.9 Å². The maximum Gasteiger partial charge on any atom is 0.220 e. The molecule has 1 atom stereocenters. The highest BCUT2D eigenvalue weighted by Crippen LogP contribution is 2.28. The molecule has 2 heterocycles. The number of hydrogen-bond acceptors (Lipinski definition) is 3. The molecule has 118 valence electrons. The van der Waals surface area contributed by atoms with Gasteiger partial charge < -0.3 is 9.88 Å². The number of thioether (sulfide) groups is 1. The smallest absolute Gasteiger partial charge is 0.220 e. The van der Waals surface area contributed by atoms with Gasteiger partial charge >= 0.3 is 0 Å². The minimum atomic E-state index is -0.0740. The third kappa shape index (κ3) is 3.00. The van der Waals surface area contributed by atoms with Crippen LogP contribution in [-0.4, -0.2) is 27.0 Å². The summed E-state index contributed by atoms with van der Waals surface area (Å²) in [7, 11) is 0. The summed E-state index contributed by atoms with van der Waals surface area (Å²) in [6, 6.07) is 8.38. The number of imidazole rings is 1. The van der Waals surface area contributed by atoms with Crippen LogP contribution in [0.5, 0.6) is 0 Å². The fraction of sp³-hybridized carbons (Fsp3) is 0.529. The zero-order chi connectivity index (χ0) is 15.7. The van der Waals surface area contributed by atoms with Crippen LogP contribution in [0, 0.1) is 5.92 Å². The van der Waals surface area contributed by atoms with E-state index in [2.05, 4.69) is 29.8 Å². The fourth-order valence-electron chi connectivity index (χ4n) is 2.94. The van der Waals surface area contributed by atoms with Gasteiger partial charge in [0.15, 0.2) is 0 Å². The van der Waals surface area contributed by atoms with Gasteiger partial charge in [0, 0.05) is 12.5 Å². The van der Waals surface area contributed by atoms with Crippen LogP contribution in [0.4, 0.5) is 0 Å². The summed E-state index contributed by atoms with van der Waals surface area (Å²) in [5, 5.41) is 3.12. The molecule has 0 radical (unpaired) electrons. The third-order valence-corrected chi connectivity index (χ3v) is 5.50. The van der Waals surface area contributed by atoms with E-state index in [1.807, 2.05) is 36.9 Å². The molecule has 1 aliphatic heterocycles. The van der Waals surface area contributed by atoms with Crippen molar-refractivity contribution in [3.05, 3.63) is 30.1 Å². The van der Waals surface area contributed by atoms with Crippen LogP contribution in [0.1, 0.15) is 45.1 Å². The molecule has 1 aromatic heterocycles. The minimum absolute atomic E-state index is 0.0740. The topological polar surface area (TPSA) is 46.9 Å². The lowest BCUT2D eigenvalue weighted by Gasteiger charge is -2.25. The van der Waals surface area contributed by atoms with Crippen molar-refractivity contribution in [2.75, 3.05) is 11.5 Å². The molecular weight excluding hydrogens is 294 g/mol. The molecule has 1 fully saturated rings. The number of carbonyl (C=O) groups excluding carboxylic acids is 1. The molecule has 1 amide bonds. The second kappa shape index (κ2) is 6.32. The molecule has 2 aromatic rings. The second-order valence-electron chi connectivity index (χ2n) is 6.32. The molecule has 0 saturated carbocycles. The molecule has 1 saturated heterocycles. The number of aromatic nitrogens is 2.